The molecule has 0 spiro atoms. The molecule has 0 N–H and O–H groups in total. The molecule has 0 aliphatic carbocycles. The lowest BCUT2D eigenvalue weighted by molar-refractivity contribution is 0.427. The fourth-order valence-electron chi connectivity index (χ4n) is 1.74. The summed E-state index contributed by atoms with van der Waals surface area (Å²) in [5.41, 5.74) is 0.676. The minimum absolute atomic E-state index is 0.287. The molecule has 0 radical (unpaired) electrons. The molecule has 3 rings (SSSR count). The average molecular weight is 308 g/mol. The maximum atomic E-state index is 12.0. The monoisotopic (exact) mass is 308 g/mol. The molecule has 3 aromatic heterocycles. The molecule has 0 saturated heterocycles. The number of rotatable bonds is 5. The van der Waals surface area contributed by atoms with Crippen molar-refractivity contribution in [3.05, 3.63) is 47.1 Å². The molecule has 0 aliphatic heterocycles. The number of thiophene rings is 1. The Hall–Kier alpha value is -1.73. The number of aromatic nitrogens is 2. The molecule has 0 saturated carbocycles. The van der Waals surface area contributed by atoms with E-state index in [9.17, 15) is 4.21 Å². The Morgan fingerprint density at radius 1 is 1.40 bits per heavy atom. The lowest BCUT2D eigenvalue weighted by Gasteiger charge is -1.95. The first-order chi connectivity index (χ1) is 9.70. The summed E-state index contributed by atoms with van der Waals surface area (Å²) in [6.45, 7) is 1.81. The number of aryl methyl sites for hydroxylation is 1. The average Bonchev–Trinajstić information content (AvgIpc) is 3.10. The molecule has 0 bridgehead atoms. The van der Waals surface area contributed by atoms with Crippen LogP contribution in [0.5, 0.6) is 0 Å². The minimum atomic E-state index is -1.12. The maximum absolute atomic E-state index is 12.0. The molecule has 3 heterocycles. The van der Waals surface area contributed by atoms with Gasteiger partial charge in [-0.15, -0.1) is 11.3 Å². The van der Waals surface area contributed by atoms with E-state index in [1.54, 1.807) is 17.5 Å². The van der Waals surface area contributed by atoms with Crippen molar-refractivity contribution < 1.29 is 13.1 Å². The first kappa shape index (κ1) is 13.3. The van der Waals surface area contributed by atoms with E-state index in [2.05, 4.69) is 10.1 Å². The van der Waals surface area contributed by atoms with Crippen LogP contribution in [0.1, 0.15) is 17.3 Å². The molecule has 104 valence electrons. The second-order valence-corrected chi connectivity index (χ2v) is 6.66. The second-order valence-electron chi connectivity index (χ2n) is 4.25. The zero-order chi connectivity index (χ0) is 13.9. The summed E-state index contributed by atoms with van der Waals surface area (Å²) < 4.78 is 22.6. The van der Waals surface area contributed by atoms with Gasteiger partial charge in [0.2, 0.25) is 5.89 Å². The third kappa shape index (κ3) is 3.05. The van der Waals surface area contributed by atoms with Gasteiger partial charge in [0.15, 0.2) is 5.76 Å². The van der Waals surface area contributed by atoms with Crippen LogP contribution < -0.4 is 0 Å². The first-order valence-electron chi connectivity index (χ1n) is 5.96. The van der Waals surface area contributed by atoms with E-state index < -0.39 is 10.8 Å². The molecule has 5 nitrogen and oxygen atoms in total. The standard InChI is InChI=1S/C13H12N2O3S2/c1-9-6-14-13(17-9)8-20(16)7-10-5-11(18-15-10)12-3-2-4-19-12/h2-6H,7-8H2,1H3. The van der Waals surface area contributed by atoms with Gasteiger partial charge in [0.05, 0.1) is 22.5 Å². The van der Waals surface area contributed by atoms with Crippen molar-refractivity contribution in [3.8, 4) is 10.6 Å². The van der Waals surface area contributed by atoms with Crippen molar-refractivity contribution >= 4 is 22.1 Å². The highest BCUT2D eigenvalue weighted by Gasteiger charge is 2.12. The van der Waals surface area contributed by atoms with Crippen molar-refractivity contribution in [3.63, 3.8) is 0 Å². The third-order valence-electron chi connectivity index (χ3n) is 2.59. The SMILES string of the molecule is Cc1cnc(CS(=O)Cc2cc(-c3cccs3)on2)o1. The Morgan fingerprint density at radius 2 is 2.30 bits per heavy atom. The molecule has 0 aliphatic rings. The van der Waals surface area contributed by atoms with Crippen LogP contribution in [0.15, 0.2) is 38.7 Å². The Bertz CT molecular complexity index is 716. The van der Waals surface area contributed by atoms with Crippen molar-refractivity contribution in [2.45, 2.75) is 18.4 Å². The molecule has 20 heavy (non-hydrogen) atoms. The van der Waals surface area contributed by atoms with Crippen LogP contribution in [-0.4, -0.2) is 14.3 Å². The van der Waals surface area contributed by atoms with Gasteiger partial charge in [-0.05, 0) is 18.4 Å². The van der Waals surface area contributed by atoms with E-state index in [0.29, 0.717) is 23.1 Å². The van der Waals surface area contributed by atoms with Gasteiger partial charge in [-0.25, -0.2) is 4.98 Å². The largest absolute Gasteiger partial charge is 0.445 e. The first-order valence-corrected chi connectivity index (χ1v) is 8.33. The van der Waals surface area contributed by atoms with E-state index >= 15 is 0 Å². The summed E-state index contributed by atoms with van der Waals surface area (Å²) in [5, 5.41) is 5.92. The molecular weight excluding hydrogens is 296 g/mol. The fourth-order valence-corrected chi connectivity index (χ4v) is 3.39. The molecule has 1 unspecified atom stereocenters. The van der Waals surface area contributed by atoms with Crippen LogP contribution in [0.25, 0.3) is 10.6 Å². The smallest absolute Gasteiger partial charge is 0.206 e. The zero-order valence-corrected chi connectivity index (χ0v) is 12.4. The van der Waals surface area contributed by atoms with Crippen LogP contribution in [0.3, 0.4) is 0 Å². The van der Waals surface area contributed by atoms with Crippen molar-refractivity contribution in [2.75, 3.05) is 0 Å². The summed E-state index contributed by atoms with van der Waals surface area (Å²) >= 11 is 1.58. The molecule has 3 aromatic rings. The van der Waals surface area contributed by atoms with Crippen LogP contribution >= 0.6 is 11.3 Å². The zero-order valence-electron chi connectivity index (χ0n) is 10.7. The Balaban J connectivity index is 1.64. The van der Waals surface area contributed by atoms with Crippen LogP contribution in [0, 0.1) is 6.92 Å². The molecule has 0 amide bonds. The number of hydrogen-bond donors (Lipinski definition) is 0. The summed E-state index contributed by atoms with van der Waals surface area (Å²) in [6.07, 6.45) is 1.62. The lowest BCUT2D eigenvalue weighted by Crippen LogP contribution is -1.99. The summed E-state index contributed by atoms with van der Waals surface area (Å²) in [6, 6.07) is 5.73. The third-order valence-corrected chi connectivity index (χ3v) is 4.66. The van der Waals surface area contributed by atoms with Gasteiger partial charge in [-0.2, -0.15) is 0 Å². The quantitative estimate of drug-likeness (QED) is 0.724. The van der Waals surface area contributed by atoms with Gasteiger partial charge in [-0.1, -0.05) is 11.2 Å². The fraction of sp³-hybridized carbons (Fsp3) is 0.231. The van der Waals surface area contributed by atoms with Gasteiger partial charge >= 0.3 is 0 Å². The van der Waals surface area contributed by atoms with E-state index in [0.717, 1.165) is 10.6 Å². The maximum Gasteiger partial charge on any atom is 0.206 e. The Kier molecular flexibility index (Phi) is 3.79. The lowest BCUT2D eigenvalue weighted by atomic mass is 10.3. The minimum Gasteiger partial charge on any atom is -0.445 e. The van der Waals surface area contributed by atoms with Crippen molar-refractivity contribution in [2.24, 2.45) is 0 Å². The number of oxazole rings is 1. The molecular formula is C13H12N2O3S2. The van der Waals surface area contributed by atoms with Gasteiger partial charge in [0, 0.05) is 16.9 Å². The normalized spacial score (nSPS) is 12.7. The van der Waals surface area contributed by atoms with Crippen LogP contribution in [-0.2, 0) is 22.3 Å². The van der Waals surface area contributed by atoms with Gasteiger partial charge in [0.25, 0.3) is 0 Å². The number of hydrogen-bond acceptors (Lipinski definition) is 6. The molecule has 7 heteroatoms. The highest BCUT2D eigenvalue weighted by atomic mass is 32.2. The van der Waals surface area contributed by atoms with Gasteiger partial charge in [0.1, 0.15) is 11.5 Å². The molecule has 1 atom stereocenters. The van der Waals surface area contributed by atoms with E-state index in [1.807, 2.05) is 30.5 Å². The summed E-state index contributed by atoms with van der Waals surface area (Å²) in [5.74, 6) is 2.53. The summed E-state index contributed by atoms with van der Waals surface area (Å²) in [7, 11) is -1.12. The van der Waals surface area contributed by atoms with Crippen molar-refractivity contribution in [1.82, 2.24) is 10.1 Å². The molecule has 0 fully saturated rings. The second kappa shape index (κ2) is 5.72. The number of nitrogens with zero attached hydrogens (tertiary/aromatic N) is 2. The predicted molar refractivity (Wildman–Crippen MR) is 76.6 cm³/mol. The topological polar surface area (TPSA) is 69.1 Å². The highest BCUT2D eigenvalue weighted by Crippen LogP contribution is 2.25. The Labute approximate surface area is 122 Å². The van der Waals surface area contributed by atoms with Gasteiger partial charge < -0.3 is 8.94 Å². The Morgan fingerprint density at radius 3 is 3.00 bits per heavy atom. The van der Waals surface area contributed by atoms with E-state index in [4.69, 9.17) is 8.94 Å². The molecule has 0 aromatic carbocycles. The van der Waals surface area contributed by atoms with E-state index in [1.165, 1.54) is 0 Å². The van der Waals surface area contributed by atoms with Crippen LogP contribution in [0.2, 0.25) is 0 Å². The highest BCUT2D eigenvalue weighted by molar-refractivity contribution is 7.83. The van der Waals surface area contributed by atoms with Crippen LogP contribution in [0.4, 0.5) is 0 Å². The predicted octanol–water partition coefficient (Wildman–Crippen LogP) is 3.15. The van der Waals surface area contributed by atoms with Crippen molar-refractivity contribution in [1.29, 1.82) is 0 Å². The van der Waals surface area contributed by atoms with Gasteiger partial charge in [-0.3, -0.25) is 4.21 Å². The van der Waals surface area contributed by atoms with E-state index in [-0.39, 0.29) is 5.75 Å². The summed E-state index contributed by atoms with van der Waals surface area (Å²) in [4.78, 5) is 5.05.